The number of allylic oxidation sites excluding steroid dienone is 1. The van der Waals surface area contributed by atoms with Gasteiger partial charge in [-0.05, 0) is 58.1 Å². The number of pyridine rings is 1. The van der Waals surface area contributed by atoms with Gasteiger partial charge in [-0.15, -0.1) is 0 Å². The van der Waals surface area contributed by atoms with Crippen LogP contribution in [0.4, 0.5) is 16.3 Å². The molecule has 0 spiro atoms. The smallest absolute Gasteiger partial charge is 0.320 e. The van der Waals surface area contributed by atoms with Crippen LogP contribution in [0.2, 0.25) is 0 Å². The van der Waals surface area contributed by atoms with Crippen molar-refractivity contribution in [3.8, 4) is 0 Å². The molecule has 120 valence electrons. The second-order valence-electron chi connectivity index (χ2n) is 5.97. The van der Waals surface area contributed by atoms with Crippen molar-refractivity contribution in [2.24, 2.45) is 0 Å². The molecular formula is C17H26N4O. The predicted molar refractivity (Wildman–Crippen MR) is 91.2 cm³/mol. The maximum atomic E-state index is 11.6. The van der Waals surface area contributed by atoms with E-state index in [4.69, 9.17) is 0 Å². The maximum Gasteiger partial charge on any atom is 0.320 e. The minimum atomic E-state index is -0.229. The molecule has 1 aromatic rings. The summed E-state index contributed by atoms with van der Waals surface area (Å²) in [6, 6.07) is 3.62. The summed E-state index contributed by atoms with van der Waals surface area (Å²) in [6.45, 7) is 4.76. The second kappa shape index (κ2) is 8.41. The summed E-state index contributed by atoms with van der Waals surface area (Å²) in [5.41, 5.74) is 2.54. The summed E-state index contributed by atoms with van der Waals surface area (Å²) in [6.07, 6.45) is 10.4. The SMILES string of the molecule is CC(C)NC(=O)Nc1ccc(NCCC2=CCCCC2)cn1. The molecular weight excluding hydrogens is 276 g/mol. The van der Waals surface area contributed by atoms with E-state index in [1.165, 1.54) is 25.7 Å². The van der Waals surface area contributed by atoms with Gasteiger partial charge in [0.2, 0.25) is 0 Å². The summed E-state index contributed by atoms with van der Waals surface area (Å²) < 4.78 is 0. The highest BCUT2D eigenvalue weighted by Crippen LogP contribution is 2.20. The van der Waals surface area contributed by atoms with Gasteiger partial charge in [-0.3, -0.25) is 5.32 Å². The lowest BCUT2D eigenvalue weighted by atomic mass is 9.97. The molecule has 2 rings (SSSR count). The Balaban J connectivity index is 1.74. The zero-order valence-corrected chi connectivity index (χ0v) is 13.5. The number of anilines is 2. The predicted octanol–water partition coefficient (Wildman–Crippen LogP) is 3.91. The Morgan fingerprint density at radius 1 is 1.32 bits per heavy atom. The molecule has 0 aliphatic heterocycles. The van der Waals surface area contributed by atoms with Gasteiger partial charge in [0.25, 0.3) is 0 Å². The molecule has 0 bridgehead atoms. The van der Waals surface area contributed by atoms with E-state index in [1.807, 2.05) is 26.0 Å². The van der Waals surface area contributed by atoms with Gasteiger partial charge in [-0.25, -0.2) is 9.78 Å². The number of aromatic nitrogens is 1. The highest BCUT2D eigenvalue weighted by Gasteiger charge is 2.05. The average Bonchev–Trinajstić information content (AvgIpc) is 2.49. The molecule has 0 atom stereocenters. The van der Waals surface area contributed by atoms with Crippen molar-refractivity contribution in [3.05, 3.63) is 30.0 Å². The molecule has 0 unspecified atom stereocenters. The first-order valence-electron chi connectivity index (χ1n) is 8.09. The largest absolute Gasteiger partial charge is 0.383 e. The first-order valence-corrected chi connectivity index (χ1v) is 8.09. The van der Waals surface area contributed by atoms with Crippen molar-refractivity contribution in [3.63, 3.8) is 0 Å². The molecule has 1 aliphatic carbocycles. The third kappa shape index (κ3) is 5.76. The van der Waals surface area contributed by atoms with Crippen LogP contribution in [0.15, 0.2) is 30.0 Å². The number of hydrogen-bond acceptors (Lipinski definition) is 3. The van der Waals surface area contributed by atoms with E-state index in [9.17, 15) is 4.79 Å². The van der Waals surface area contributed by atoms with Crippen LogP contribution in [0.5, 0.6) is 0 Å². The Kier molecular flexibility index (Phi) is 6.25. The van der Waals surface area contributed by atoms with Gasteiger partial charge in [-0.2, -0.15) is 0 Å². The first kappa shape index (κ1) is 16.3. The minimum absolute atomic E-state index is 0.107. The third-order valence-corrected chi connectivity index (χ3v) is 3.59. The van der Waals surface area contributed by atoms with E-state index in [0.717, 1.165) is 18.7 Å². The molecule has 1 aromatic heterocycles. The summed E-state index contributed by atoms with van der Waals surface area (Å²) >= 11 is 0. The molecule has 3 N–H and O–H groups in total. The Hall–Kier alpha value is -2.04. The zero-order chi connectivity index (χ0) is 15.8. The van der Waals surface area contributed by atoms with Gasteiger partial charge in [0.05, 0.1) is 11.9 Å². The monoisotopic (exact) mass is 302 g/mol. The van der Waals surface area contributed by atoms with E-state index in [0.29, 0.717) is 5.82 Å². The van der Waals surface area contributed by atoms with Crippen LogP contribution >= 0.6 is 0 Å². The van der Waals surface area contributed by atoms with Crippen LogP contribution in [0.25, 0.3) is 0 Å². The molecule has 1 aliphatic rings. The van der Waals surface area contributed by atoms with Crippen LogP contribution in [-0.4, -0.2) is 23.6 Å². The second-order valence-corrected chi connectivity index (χ2v) is 5.97. The number of urea groups is 1. The lowest BCUT2D eigenvalue weighted by molar-refractivity contribution is 0.250. The standard InChI is InChI=1S/C17H26N4O/c1-13(2)20-17(22)21-16-9-8-15(12-19-16)18-11-10-14-6-4-3-5-7-14/h6,8-9,12-13,18H,3-5,7,10-11H2,1-2H3,(H2,19,20,21,22). The molecule has 0 aromatic carbocycles. The Morgan fingerprint density at radius 3 is 2.82 bits per heavy atom. The quantitative estimate of drug-likeness (QED) is 0.698. The molecule has 5 nitrogen and oxygen atoms in total. The van der Waals surface area contributed by atoms with Gasteiger partial charge < -0.3 is 10.6 Å². The molecule has 2 amide bonds. The normalized spacial score (nSPS) is 14.4. The highest BCUT2D eigenvalue weighted by molar-refractivity contribution is 5.88. The number of amides is 2. The summed E-state index contributed by atoms with van der Waals surface area (Å²) in [7, 11) is 0. The fourth-order valence-corrected chi connectivity index (χ4v) is 2.49. The highest BCUT2D eigenvalue weighted by atomic mass is 16.2. The summed E-state index contributed by atoms with van der Waals surface area (Å²) in [5, 5.41) is 8.85. The Morgan fingerprint density at radius 2 is 2.18 bits per heavy atom. The number of nitrogens with one attached hydrogen (secondary N) is 3. The summed E-state index contributed by atoms with van der Waals surface area (Å²) in [4.78, 5) is 15.8. The van der Waals surface area contributed by atoms with E-state index < -0.39 is 0 Å². The first-order chi connectivity index (χ1) is 10.6. The average molecular weight is 302 g/mol. The minimum Gasteiger partial charge on any atom is -0.383 e. The van der Waals surface area contributed by atoms with Crippen molar-refractivity contribution >= 4 is 17.5 Å². The lowest BCUT2D eigenvalue weighted by Gasteiger charge is -2.13. The number of hydrogen-bond donors (Lipinski definition) is 3. The maximum absolute atomic E-state index is 11.6. The van der Waals surface area contributed by atoms with E-state index in [2.05, 4.69) is 27.0 Å². The Bertz CT molecular complexity index is 508. The Labute approximate surface area is 132 Å². The number of carbonyl (C=O) groups excluding carboxylic acids is 1. The molecule has 0 fully saturated rings. The van der Waals surface area contributed by atoms with Crippen molar-refractivity contribution in [1.82, 2.24) is 10.3 Å². The van der Waals surface area contributed by atoms with Crippen molar-refractivity contribution in [2.75, 3.05) is 17.2 Å². The zero-order valence-electron chi connectivity index (χ0n) is 13.5. The van der Waals surface area contributed by atoms with Gasteiger partial charge in [0, 0.05) is 12.6 Å². The van der Waals surface area contributed by atoms with Crippen molar-refractivity contribution in [2.45, 2.75) is 52.0 Å². The van der Waals surface area contributed by atoms with Crippen molar-refractivity contribution in [1.29, 1.82) is 0 Å². The van der Waals surface area contributed by atoms with Crippen LogP contribution in [0, 0.1) is 0 Å². The molecule has 22 heavy (non-hydrogen) atoms. The van der Waals surface area contributed by atoms with Gasteiger partial charge in [0.1, 0.15) is 5.82 Å². The number of nitrogens with zero attached hydrogens (tertiary/aromatic N) is 1. The fraction of sp³-hybridized carbons (Fsp3) is 0.529. The molecule has 0 saturated heterocycles. The topological polar surface area (TPSA) is 66.1 Å². The number of carbonyl (C=O) groups is 1. The van der Waals surface area contributed by atoms with E-state index in [1.54, 1.807) is 11.8 Å². The van der Waals surface area contributed by atoms with Crippen LogP contribution in [0.1, 0.15) is 46.0 Å². The van der Waals surface area contributed by atoms with E-state index in [-0.39, 0.29) is 12.1 Å². The lowest BCUT2D eigenvalue weighted by Crippen LogP contribution is -2.34. The fourth-order valence-electron chi connectivity index (χ4n) is 2.49. The van der Waals surface area contributed by atoms with Crippen LogP contribution < -0.4 is 16.0 Å². The van der Waals surface area contributed by atoms with Crippen molar-refractivity contribution < 1.29 is 4.79 Å². The molecule has 0 radical (unpaired) electrons. The van der Waals surface area contributed by atoms with Gasteiger partial charge >= 0.3 is 6.03 Å². The van der Waals surface area contributed by atoms with E-state index >= 15 is 0 Å². The molecule has 0 saturated carbocycles. The molecule has 1 heterocycles. The van der Waals surface area contributed by atoms with Crippen LogP contribution in [0.3, 0.4) is 0 Å². The van der Waals surface area contributed by atoms with Gasteiger partial charge in [-0.1, -0.05) is 11.6 Å². The third-order valence-electron chi connectivity index (χ3n) is 3.59. The molecule has 5 heteroatoms. The number of rotatable bonds is 6. The summed E-state index contributed by atoms with van der Waals surface area (Å²) in [5.74, 6) is 0.554. The van der Waals surface area contributed by atoms with Gasteiger partial charge in [0.15, 0.2) is 0 Å². The van der Waals surface area contributed by atoms with Crippen LogP contribution in [-0.2, 0) is 0 Å².